The fourth-order valence-electron chi connectivity index (χ4n) is 5.46. The van der Waals surface area contributed by atoms with Gasteiger partial charge in [-0.25, -0.2) is 0 Å². The number of rotatable bonds is 4. The Morgan fingerprint density at radius 3 is 1.80 bits per heavy atom. The summed E-state index contributed by atoms with van der Waals surface area (Å²) < 4.78 is 0. The van der Waals surface area contributed by atoms with Crippen LogP contribution in [0.1, 0.15) is 84.0 Å². The Balaban J connectivity index is 1.41. The third-order valence-electron chi connectivity index (χ3n) is 6.94. The molecule has 3 fully saturated rings. The largest absolute Gasteiger partial charge is 0.0996 e. The van der Waals surface area contributed by atoms with Gasteiger partial charge < -0.3 is 0 Å². The first-order valence-corrected chi connectivity index (χ1v) is 9.45. The van der Waals surface area contributed by atoms with E-state index in [1.807, 2.05) is 0 Å². The minimum Gasteiger partial charge on any atom is -0.0996 e. The zero-order chi connectivity index (χ0) is 13.9. The van der Waals surface area contributed by atoms with Crippen LogP contribution < -0.4 is 0 Å². The van der Waals surface area contributed by atoms with Crippen molar-refractivity contribution >= 4 is 0 Å². The van der Waals surface area contributed by atoms with E-state index in [0.29, 0.717) is 0 Å². The summed E-state index contributed by atoms with van der Waals surface area (Å²) in [5.74, 6) is 5.20. The van der Waals surface area contributed by atoms with Gasteiger partial charge in [-0.1, -0.05) is 44.8 Å². The second kappa shape index (κ2) is 6.67. The lowest BCUT2D eigenvalue weighted by Crippen LogP contribution is -2.31. The molecule has 3 aliphatic carbocycles. The molecule has 3 aliphatic rings. The standard InChI is InChI=1S/C20H34/c1-3-4-16-6-8-17(9-7-16)18-10-12-19(13-11-18)20-14-5-15(20)2/h16-20H,2-14H2,1H3. The normalized spacial score (nSPS) is 42.2. The first-order valence-electron chi connectivity index (χ1n) is 9.45. The number of hydrogen-bond acceptors (Lipinski definition) is 0. The van der Waals surface area contributed by atoms with Gasteiger partial charge in [-0.2, -0.15) is 0 Å². The Morgan fingerprint density at radius 1 is 0.800 bits per heavy atom. The molecule has 0 aromatic heterocycles. The van der Waals surface area contributed by atoms with Gasteiger partial charge in [0.15, 0.2) is 0 Å². The van der Waals surface area contributed by atoms with Crippen molar-refractivity contribution in [3.05, 3.63) is 12.2 Å². The molecule has 0 aromatic rings. The molecule has 3 saturated carbocycles. The molecule has 0 aromatic carbocycles. The van der Waals surface area contributed by atoms with E-state index in [9.17, 15) is 0 Å². The summed E-state index contributed by atoms with van der Waals surface area (Å²) >= 11 is 0. The van der Waals surface area contributed by atoms with E-state index in [-0.39, 0.29) is 0 Å². The lowest BCUT2D eigenvalue weighted by molar-refractivity contribution is 0.119. The Labute approximate surface area is 126 Å². The molecule has 0 bridgehead atoms. The summed E-state index contributed by atoms with van der Waals surface area (Å²) in [6.07, 6.45) is 18.0. The highest BCUT2D eigenvalue weighted by atomic mass is 14.4. The van der Waals surface area contributed by atoms with Crippen molar-refractivity contribution in [2.45, 2.75) is 84.0 Å². The molecule has 0 heterocycles. The average molecular weight is 274 g/mol. The molecule has 0 saturated heterocycles. The molecule has 20 heavy (non-hydrogen) atoms. The van der Waals surface area contributed by atoms with Crippen molar-refractivity contribution in [3.8, 4) is 0 Å². The summed E-state index contributed by atoms with van der Waals surface area (Å²) in [6.45, 7) is 6.60. The van der Waals surface area contributed by atoms with Gasteiger partial charge in [0.25, 0.3) is 0 Å². The molecular weight excluding hydrogens is 240 g/mol. The minimum absolute atomic E-state index is 0.927. The smallest absolute Gasteiger partial charge is 0.0175 e. The Kier molecular flexibility index (Phi) is 4.89. The number of hydrogen-bond donors (Lipinski definition) is 0. The van der Waals surface area contributed by atoms with Crippen LogP contribution in [-0.4, -0.2) is 0 Å². The summed E-state index contributed by atoms with van der Waals surface area (Å²) in [6, 6.07) is 0. The second-order valence-electron chi connectivity index (χ2n) is 8.05. The summed E-state index contributed by atoms with van der Waals surface area (Å²) in [4.78, 5) is 0. The Morgan fingerprint density at radius 2 is 1.35 bits per heavy atom. The van der Waals surface area contributed by atoms with Crippen LogP contribution in [0.3, 0.4) is 0 Å². The topological polar surface area (TPSA) is 0 Å². The monoisotopic (exact) mass is 274 g/mol. The van der Waals surface area contributed by atoms with Crippen LogP contribution in [0.4, 0.5) is 0 Å². The number of allylic oxidation sites excluding steroid dienone is 1. The highest BCUT2D eigenvalue weighted by molar-refractivity contribution is 5.12. The molecule has 3 rings (SSSR count). The van der Waals surface area contributed by atoms with Crippen molar-refractivity contribution < 1.29 is 0 Å². The fourth-order valence-corrected chi connectivity index (χ4v) is 5.46. The van der Waals surface area contributed by atoms with E-state index in [0.717, 1.165) is 29.6 Å². The van der Waals surface area contributed by atoms with Crippen LogP contribution in [0, 0.1) is 29.6 Å². The lowest BCUT2D eigenvalue weighted by atomic mass is 9.63. The first kappa shape index (κ1) is 14.7. The van der Waals surface area contributed by atoms with E-state index >= 15 is 0 Å². The van der Waals surface area contributed by atoms with E-state index < -0.39 is 0 Å². The lowest BCUT2D eigenvalue weighted by Gasteiger charge is -2.43. The highest BCUT2D eigenvalue weighted by Gasteiger charge is 2.36. The third-order valence-corrected chi connectivity index (χ3v) is 6.94. The molecule has 0 N–H and O–H groups in total. The van der Waals surface area contributed by atoms with Crippen molar-refractivity contribution in [1.82, 2.24) is 0 Å². The van der Waals surface area contributed by atoms with Crippen molar-refractivity contribution in [2.75, 3.05) is 0 Å². The highest BCUT2D eigenvalue weighted by Crippen LogP contribution is 2.48. The molecule has 1 atom stereocenters. The second-order valence-corrected chi connectivity index (χ2v) is 8.05. The van der Waals surface area contributed by atoms with E-state index in [1.165, 1.54) is 64.2 Å². The van der Waals surface area contributed by atoms with Crippen LogP contribution in [0.2, 0.25) is 0 Å². The molecule has 114 valence electrons. The molecule has 0 heteroatoms. The minimum atomic E-state index is 0.927. The summed E-state index contributed by atoms with van der Waals surface area (Å²) in [7, 11) is 0. The van der Waals surface area contributed by atoms with Gasteiger partial charge >= 0.3 is 0 Å². The van der Waals surface area contributed by atoms with E-state index in [4.69, 9.17) is 0 Å². The van der Waals surface area contributed by atoms with Crippen LogP contribution in [-0.2, 0) is 0 Å². The van der Waals surface area contributed by atoms with E-state index in [1.54, 1.807) is 18.4 Å². The van der Waals surface area contributed by atoms with Gasteiger partial charge in [0, 0.05) is 0 Å². The molecule has 0 aliphatic heterocycles. The molecule has 0 radical (unpaired) electrons. The van der Waals surface area contributed by atoms with Crippen LogP contribution >= 0.6 is 0 Å². The van der Waals surface area contributed by atoms with Crippen LogP contribution in [0.15, 0.2) is 12.2 Å². The molecular formula is C20H34. The van der Waals surface area contributed by atoms with Gasteiger partial charge in [-0.15, -0.1) is 0 Å². The third kappa shape index (κ3) is 3.15. The zero-order valence-corrected chi connectivity index (χ0v) is 13.6. The van der Waals surface area contributed by atoms with Gasteiger partial charge in [0.1, 0.15) is 0 Å². The Hall–Kier alpha value is -0.260. The van der Waals surface area contributed by atoms with E-state index in [2.05, 4.69) is 13.5 Å². The molecule has 1 unspecified atom stereocenters. The Bertz CT molecular complexity index is 313. The van der Waals surface area contributed by atoms with Crippen molar-refractivity contribution in [1.29, 1.82) is 0 Å². The van der Waals surface area contributed by atoms with Crippen molar-refractivity contribution in [3.63, 3.8) is 0 Å². The van der Waals surface area contributed by atoms with Crippen molar-refractivity contribution in [2.24, 2.45) is 29.6 Å². The molecule has 0 nitrogen and oxygen atoms in total. The maximum absolute atomic E-state index is 4.25. The maximum Gasteiger partial charge on any atom is -0.0175 e. The molecule has 0 amide bonds. The first-order chi connectivity index (χ1) is 9.78. The predicted molar refractivity (Wildman–Crippen MR) is 87.7 cm³/mol. The fraction of sp³-hybridized carbons (Fsp3) is 0.900. The van der Waals surface area contributed by atoms with Crippen LogP contribution in [0.5, 0.6) is 0 Å². The van der Waals surface area contributed by atoms with Gasteiger partial charge in [0.05, 0.1) is 0 Å². The predicted octanol–water partition coefficient (Wildman–Crippen LogP) is 6.37. The summed E-state index contributed by atoms with van der Waals surface area (Å²) in [5, 5.41) is 0. The SMILES string of the molecule is C=C1CCC1C1CCC(C2CCC(CCC)CC2)CC1. The summed E-state index contributed by atoms with van der Waals surface area (Å²) in [5.41, 5.74) is 1.58. The van der Waals surface area contributed by atoms with Gasteiger partial charge in [-0.3, -0.25) is 0 Å². The molecule has 0 spiro atoms. The van der Waals surface area contributed by atoms with Crippen LogP contribution in [0.25, 0.3) is 0 Å². The van der Waals surface area contributed by atoms with Gasteiger partial charge in [-0.05, 0) is 81.0 Å². The average Bonchev–Trinajstić information content (AvgIpc) is 2.48. The van der Waals surface area contributed by atoms with Gasteiger partial charge in [0.2, 0.25) is 0 Å². The quantitative estimate of drug-likeness (QED) is 0.523. The maximum atomic E-state index is 4.25. The zero-order valence-electron chi connectivity index (χ0n) is 13.6.